The maximum absolute atomic E-state index is 10.8. The van der Waals surface area contributed by atoms with Crippen LogP contribution in [0.5, 0.6) is 0 Å². The molecule has 5 heteroatoms. The highest BCUT2D eigenvalue weighted by molar-refractivity contribution is 6.30. The van der Waals surface area contributed by atoms with E-state index in [0.29, 0.717) is 23.4 Å². The van der Waals surface area contributed by atoms with Gasteiger partial charge in [-0.15, -0.1) is 0 Å². The van der Waals surface area contributed by atoms with Crippen molar-refractivity contribution < 1.29 is 10.0 Å². The fraction of sp³-hybridized carbons (Fsp3) is 0.500. The van der Waals surface area contributed by atoms with Gasteiger partial charge in [0.1, 0.15) is 0 Å². The van der Waals surface area contributed by atoms with Gasteiger partial charge in [0.25, 0.3) is 5.69 Å². The van der Waals surface area contributed by atoms with Crippen LogP contribution in [-0.4, -0.2) is 16.1 Å². The molecule has 4 nitrogen and oxygen atoms in total. The molecule has 0 amide bonds. The minimum Gasteiger partial charge on any atom is -0.393 e. The van der Waals surface area contributed by atoms with Gasteiger partial charge in [-0.25, -0.2) is 0 Å². The maximum atomic E-state index is 10.8. The van der Waals surface area contributed by atoms with Crippen LogP contribution in [0.3, 0.4) is 0 Å². The van der Waals surface area contributed by atoms with E-state index in [-0.39, 0.29) is 11.6 Å². The van der Waals surface area contributed by atoms with Crippen LogP contribution in [0.4, 0.5) is 5.69 Å². The Bertz CT molecular complexity index is 407. The average molecular weight is 258 g/mol. The Kier molecular flexibility index (Phi) is 4.90. The first kappa shape index (κ1) is 13.9. The molecule has 0 fully saturated rings. The second-order valence-corrected chi connectivity index (χ2v) is 4.82. The number of halogens is 1. The van der Waals surface area contributed by atoms with E-state index in [1.807, 2.05) is 13.8 Å². The third-order valence-electron chi connectivity index (χ3n) is 2.72. The van der Waals surface area contributed by atoms with Gasteiger partial charge >= 0.3 is 0 Å². The molecule has 1 aromatic rings. The van der Waals surface area contributed by atoms with E-state index in [1.54, 1.807) is 6.07 Å². The summed E-state index contributed by atoms with van der Waals surface area (Å²) < 4.78 is 0. The third-order valence-corrected chi connectivity index (χ3v) is 2.95. The largest absolute Gasteiger partial charge is 0.393 e. The molecule has 17 heavy (non-hydrogen) atoms. The van der Waals surface area contributed by atoms with Gasteiger partial charge in [0.15, 0.2) is 0 Å². The molecule has 1 unspecified atom stereocenters. The Morgan fingerprint density at radius 2 is 2.12 bits per heavy atom. The summed E-state index contributed by atoms with van der Waals surface area (Å²) in [6, 6.07) is 4.49. The first-order valence-corrected chi connectivity index (χ1v) is 5.90. The summed E-state index contributed by atoms with van der Waals surface area (Å²) in [6.07, 6.45) is 0.503. The van der Waals surface area contributed by atoms with Gasteiger partial charge in [0.05, 0.1) is 11.0 Å². The standard InChI is InChI=1S/C12H16ClNO3/c1-8(2)12(15)6-3-9-7-10(13)4-5-11(9)14(16)17/h4-5,7-8,12,15H,3,6H2,1-2H3. The molecule has 0 saturated carbocycles. The molecule has 0 aliphatic heterocycles. The van der Waals surface area contributed by atoms with Gasteiger partial charge in [-0.05, 0) is 30.9 Å². The molecule has 1 atom stereocenters. The van der Waals surface area contributed by atoms with Crippen molar-refractivity contribution in [3.63, 3.8) is 0 Å². The third kappa shape index (κ3) is 3.98. The summed E-state index contributed by atoms with van der Waals surface area (Å²) in [7, 11) is 0. The van der Waals surface area contributed by atoms with Crippen molar-refractivity contribution in [2.24, 2.45) is 5.92 Å². The number of aryl methyl sites for hydroxylation is 1. The summed E-state index contributed by atoms with van der Waals surface area (Å²) in [4.78, 5) is 10.4. The summed E-state index contributed by atoms with van der Waals surface area (Å²) in [5.41, 5.74) is 0.632. The number of aliphatic hydroxyl groups is 1. The smallest absolute Gasteiger partial charge is 0.272 e. The van der Waals surface area contributed by atoms with Gasteiger partial charge in [-0.1, -0.05) is 25.4 Å². The lowest BCUT2D eigenvalue weighted by molar-refractivity contribution is -0.385. The van der Waals surface area contributed by atoms with Gasteiger partial charge in [0.2, 0.25) is 0 Å². The lowest BCUT2D eigenvalue weighted by atomic mass is 9.98. The molecule has 0 aliphatic carbocycles. The van der Waals surface area contributed by atoms with Crippen molar-refractivity contribution in [3.8, 4) is 0 Å². The van der Waals surface area contributed by atoms with E-state index in [4.69, 9.17) is 11.6 Å². The van der Waals surface area contributed by atoms with Gasteiger partial charge in [-0.3, -0.25) is 10.1 Å². The number of rotatable bonds is 5. The van der Waals surface area contributed by atoms with E-state index in [2.05, 4.69) is 0 Å². The van der Waals surface area contributed by atoms with Crippen LogP contribution in [-0.2, 0) is 6.42 Å². The highest BCUT2D eigenvalue weighted by Crippen LogP contribution is 2.24. The second kappa shape index (κ2) is 5.98. The topological polar surface area (TPSA) is 63.4 Å². The van der Waals surface area contributed by atoms with Crippen molar-refractivity contribution in [1.82, 2.24) is 0 Å². The molecular weight excluding hydrogens is 242 g/mol. The molecule has 0 heterocycles. The Balaban J connectivity index is 2.82. The van der Waals surface area contributed by atoms with Crippen molar-refractivity contribution in [1.29, 1.82) is 0 Å². The van der Waals surface area contributed by atoms with Crippen molar-refractivity contribution in [3.05, 3.63) is 38.9 Å². The monoisotopic (exact) mass is 257 g/mol. The second-order valence-electron chi connectivity index (χ2n) is 4.38. The van der Waals surface area contributed by atoms with E-state index < -0.39 is 11.0 Å². The van der Waals surface area contributed by atoms with Gasteiger partial charge < -0.3 is 5.11 Å². The summed E-state index contributed by atoms with van der Waals surface area (Å²) >= 11 is 5.81. The summed E-state index contributed by atoms with van der Waals surface area (Å²) in [5, 5.41) is 21.0. The molecule has 0 bridgehead atoms. The van der Waals surface area contributed by atoms with Crippen molar-refractivity contribution >= 4 is 17.3 Å². The van der Waals surface area contributed by atoms with Crippen LogP contribution < -0.4 is 0 Å². The zero-order valence-electron chi connectivity index (χ0n) is 9.89. The number of aliphatic hydroxyl groups excluding tert-OH is 1. The SMILES string of the molecule is CC(C)C(O)CCc1cc(Cl)ccc1[N+](=O)[O-]. The normalized spacial score (nSPS) is 12.8. The quantitative estimate of drug-likeness (QED) is 0.651. The van der Waals surface area contributed by atoms with Crippen molar-refractivity contribution in [2.45, 2.75) is 32.8 Å². The molecule has 1 aromatic carbocycles. The first-order chi connectivity index (χ1) is 7.91. The molecule has 0 aromatic heterocycles. The average Bonchev–Trinajstić information content (AvgIpc) is 2.25. The zero-order valence-corrected chi connectivity index (χ0v) is 10.6. The van der Waals surface area contributed by atoms with Crippen LogP contribution in [0.15, 0.2) is 18.2 Å². The van der Waals surface area contributed by atoms with Crippen LogP contribution in [0.2, 0.25) is 5.02 Å². The Labute approximate surface area is 105 Å². The Hall–Kier alpha value is -1.13. The van der Waals surface area contributed by atoms with E-state index in [9.17, 15) is 15.2 Å². The predicted octanol–water partition coefficient (Wildman–Crippen LogP) is 3.20. The molecule has 1 N–H and O–H groups in total. The minimum absolute atomic E-state index is 0.0605. The molecule has 0 aliphatic rings. The Morgan fingerprint density at radius 1 is 1.47 bits per heavy atom. The van der Waals surface area contributed by atoms with E-state index in [1.165, 1.54) is 12.1 Å². The number of hydrogen-bond donors (Lipinski definition) is 1. The predicted molar refractivity (Wildman–Crippen MR) is 67.3 cm³/mol. The zero-order chi connectivity index (χ0) is 13.0. The molecule has 0 spiro atoms. The number of benzene rings is 1. The fourth-order valence-corrected chi connectivity index (χ4v) is 1.76. The molecule has 1 rings (SSSR count). The van der Waals surface area contributed by atoms with Crippen LogP contribution in [0, 0.1) is 16.0 Å². The highest BCUT2D eigenvalue weighted by Gasteiger charge is 2.16. The Morgan fingerprint density at radius 3 is 2.65 bits per heavy atom. The van der Waals surface area contributed by atoms with Crippen LogP contribution in [0.1, 0.15) is 25.8 Å². The molecule has 0 radical (unpaired) electrons. The molecule has 94 valence electrons. The molecule has 0 saturated heterocycles. The summed E-state index contributed by atoms with van der Waals surface area (Å²) in [6.45, 7) is 3.83. The number of nitrogens with zero attached hydrogens (tertiary/aromatic N) is 1. The summed E-state index contributed by atoms with van der Waals surface area (Å²) in [5.74, 6) is 0.147. The lowest BCUT2D eigenvalue weighted by Crippen LogP contribution is -2.15. The minimum atomic E-state index is -0.450. The van der Waals surface area contributed by atoms with Crippen LogP contribution in [0.25, 0.3) is 0 Å². The number of nitro groups is 1. The van der Waals surface area contributed by atoms with Gasteiger partial charge in [-0.2, -0.15) is 0 Å². The van der Waals surface area contributed by atoms with E-state index >= 15 is 0 Å². The van der Waals surface area contributed by atoms with E-state index in [0.717, 1.165) is 0 Å². The highest BCUT2D eigenvalue weighted by atomic mass is 35.5. The first-order valence-electron chi connectivity index (χ1n) is 5.52. The van der Waals surface area contributed by atoms with Crippen LogP contribution >= 0.6 is 11.6 Å². The maximum Gasteiger partial charge on any atom is 0.272 e. The van der Waals surface area contributed by atoms with Crippen molar-refractivity contribution in [2.75, 3.05) is 0 Å². The lowest BCUT2D eigenvalue weighted by Gasteiger charge is -2.14. The number of nitro benzene ring substituents is 1. The van der Waals surface area contributed by atoms with Gasteiger partial charge in [0, 0.05) is 16.7 Å². The fourth-order valence-electron chi connectivity index (χ4n) is 1.57. The number of hydrogen-bond acceptors (Lipinski definition) is 3. The molecular formula is C12H16ClNO3.